The maximum Gasteiger partial charge on any atom is 0.409 e. The highest BCUT2D eigenvalue weighted by molar-refractivity contribution is 5.86. The summed E-state index contributed by atoms with van der Waals surface area (Å²) >= 11 is 0. The first-order chi connectivity index (χ1) is 12.0. The molecule has 0 spiro atoms. The Morgan fingerprint density at radius 3 is 2.32 bits per heavy atom. The fourth-order valence-corrected chi connectivity index (χ4v) is 3.47. The summed E-state index contributed by atoms with van der Waals surface area (Å²) in [5, 5.41) is 2.77. The summed E-state index contributed by atoms with van der Waals surface area (Å²) in [4.78, 5) is 37.7. The van der Waals surface area contributed by atoms with E-state index in [0.717, 1.165) is 19.3 Å². The number of alkyl carbamates (subject to hydrolysis) is 1. The van der Waals surface area contributed by atoms with Gasteiger partial charge in [-0.2, -0.15) is 0 Å². The molecule has 1 aliphatic carbocycles. The van der Waals surface area contributed by atoms with Crippen LogP contribution in [0, 0.1) is 0 Å². The quantitative estimate of drug-likeness (QED) is 0.613. The van der Waals surface area contributed by atoms with E-state index in [9.17, 15) is 14.4 Å². The van der Waals surface area contributed by atoms with Crippen molar-refractivity contribution in [3.8, 4) is 0 Å². The molecule has 2 amide bonds. The molecule has 0 aromatic carbocycles. The molecule has 0 unspecified atom stereocenters. The fourth-order valence-electron chi connectivity index (χ4n) is 3.47. The summed E-state index contributed by atoms with van der Waals surface area (Å²) < 4.78 is 15.3. The van der Waals surface area contributed by atoms with Crippen LogP contribution in [0.1, 0.15) is 51.9 Å². The first kappa shape index (κ1) is 19.3. The topological polar surface area (TPSA) is 94.2 Å². The maximum absolute atomic E-state index is 12.3. The summed E-state index contributed by atoms with van der Waals surface area (Å²) in [6, 6.07) is 0. The molecule has 0 radical (unpaired) electrons. The van der Waals surface area contributed by atoms with Crippen molar-refractivity contribution in [2.24, 2.45) is 0 Å². The molecule has 1 saturated heterocycles. The van der Waals surface area contributed by atoms with Gasteiger partial charge >= 0.3 is 18.2 Å². The Morgan fingerprint density at radius 2 is 1.76 bits per heavy atom. The lowest BCUT2D eigenvalue weighted by atomic mass is 9.82. The summed E-state index contributed by atoms with van der Waals surface area (Å²) in [6.07, 6.45) is 3.80. The van der Waals surface area contributed by atoms with E-state index in [1.54, 1.807) is 11.8 Å². The summed E-state index contributed by atoms with van der Waals surface area (Å²) in [5.74, 6) is -0.382. The molecule has 2 aliphatic rings. The number of carbonyl (C=O) groups is 3. The van der Waals surface area contributed by atoms with Crippen LogP contribution in [0.3, 0.4) is 0 Å². The number of carbonyl (C=O) groups excluding carboxylic acids is 3. The molecule has 0 aromatic heterocycles. The standard InChI is InChI=1S/C17H28N2O6/c1-3-24-14(20)17(9-5-4-6-10-17)18-15(21)25-13-7-11-19(12-8-13)16(22)23-2/h13H,3-12H2,1-2H3,(H,18,21). The lowest BCUT2D eigenvalue weighted by Crippen LogP contribution is -2.57. The van der Waals surface area contributed by atoms with Gasteiger partial charge < -0.3 is 24.4 Å². The number of hydrogen-bond donors (Lipinski definition) is 1. The van der Waals surface area contributed by atoms with E-state index in [0.29, 0.717) is 38.8 Å². The highest BCUT2D eigenvalue weighted by Crippen LogP contribution is 2.30. The van der Waals surface area contributed by atoms with Crippen molar-refractivity contribution >= 4 is 18.2 Å². The molecule has 1 N–H and O–H groups in total. The van der Waals surface area contributed by atoms with Gasteiger partial charge in [0.25, 0.3) is 0 Å². The monoisotopic (exact) mass is 356 g/mol. The van der Waals surface area contributed by atoms with Crippen LogP contribution in [-0.2, 0) is 19.0 Å². The van der Waals surface area contributed by atoms with E-state index in [1.165, 1.54) is 7.11 Å². The minimum Gasteiger partial charge on any atom is -0.464 e. The van der Waals surface area contributed by atoms with Gasteiger partial charge in [-0.15, -0.1) is 0 Å². The SMILES string of the molecule is CCOC(=O)C1(NC(=O)OC2CCN(C(=O)OC)CC2)CCCCC1. The van der Waals surface area contributed by atoms with Gasteiger partial charge in [0.15, 0.2) is 0 Å². The number of nitrogens with zero attached hydrogens (tertiary/aromatic N) is 1. The van der Waals surface area contributed by atoms with Crippen molar-refractivity contribution in [2.45, 2.75) is 63.5 Å². The van der Waals surface area contributed by atoms with E-state index in [-0.39, 0.29) is 24.8 Å². The van der Waals surface area contributed by atoms with Crippen molar-refractivity contribution in [1.29, 1.82) is 0 Å². The Balaban J connectivity index is 1.87. The van der Waals surface area contributed by atoms with Gasteiger partial charge in [0.2, 0.25) is 0 Å². The van der Waals surface area contributed by atoms with Gasteiger partial charge in [-0.25, -0.2) is 14.4 Å². The smallest absolute Gasteiger partial charge is 0.409 e. The number of nitrogens with one attached hydrogen (secondary N) is 1. The van der Waals surface area contributed by atoms with Crippen LogP contribution in [0.5, 0.6) is 0 Å². The van der Waals surface area contributed by atoms with Gasteiger partial charge in [0, 0.05) is 25.9 Å². The third-order valence-corrected chi connectivity index (χ3v) is 4.86. The normalized spacial score (nSPS) is 20.5. The van der Waals surface area contributed by atoms with E-state index in [2.05, 4.69) is 10.1 Å². The van der Waals surface area contributed by atoms with Crippen LogP contribution in [0.2, 0.25) is 0 Å². The zero-order valence-corrected chi connectivity index (χ0v) is 15.0. The number of likely N-dealkylation sites (tertiary alicyclic amines) is 1. The highest BCUT2D eigenvalue weighted by atomic mass is 16.6. The molecular weight excluding hydrogens is 328 g/mol. The second kappa shape index (κ2) is 8.92. The Bertz CT molecular complexity index is 482. The van der Waals surface area contributed by atoms with Crippen LogP contribution in [-0.4, -0.2) is 61.5 Å². The predicted molar refractivity (Wildman–Crippen MR) is 89.1 cm³/mol. The molecule has 2 rings (SSSR count). The molecule has 1 heterocycles. The minimum absolute atomic E-state index is 0.274. The fraction of sp³-hybridized carbons (Fsp3) is 0.824. The number of amides is 2. The number of methoxy groups -OCH3 is 1. The van der Waals surface area contributed by atoms with Gasteiger partial charge in [0.1, 0.15) is 11.6 Å². The largest absolute Gasteiger partial charge is 0.464 e. The molecule has 8 nitrogen and oxygen atoms in total. The van der Waals surface area contributed by atoms with Gasteiger partial charge in [-0.1, -0.05) is 19.3 Å². The minimum atomic E-state index is -0.974. The van der Waals surface area contributed by atoms with Gasteiger partial charge in [0.05, 0.1) is 13.7 Å². The Labute approximate surface area is 148 Å². The number of piperidine rings is 1. The molecule has 0 bridgehead atoms. The average molecular weight is 356 g/mol. The molecule has 0 aromatic rings. The van der Waals surface area contributed by atoms with Crippen molar-refractivity contribution in [3.05, 3.63) is 0 Å². The Kier molecular flexibility index (Phi) is 6.90. The second-order valence-corrected chi connectivity index (χ2v) is 6.55. The molecule has 2 fully saturated rings. The summed E-state index contributed by atoms with van der Waals surface area (Å²) in [5.41, 5.74) is -0.974. The summed E-state index contributed by atoms with van der Waals surface area (Å²) in [6.45, 7) is 2.99. The van der Waals surface area contributed by atoms with Crippen molar-refractivity contribution in [3.63, 3.8) is 0 Å². The van der Waals surface area contributed by atoms with E-state index < -0.39 is 11.6 Å². The molecule has 0 atom stereocenters. The Hall–Kier alpha value is -1.99. The zero-order chi connectivity index (χ0) is 18.3. The molecule has 1 saturated carbocycles. The zero-order valence-electron chi connectivity index (χ0n) is 15.0. The first-order valence-electron chi connectivity index (χ1n) is 8.99. The molecule has 25 heavy (non-hydrogen) atoms. The third-order valence-electron chi connectivity index (χ3n) is 4.86. The van der Waals surface area contributed by atoms with Crippen LogP contribution in [0.25, 0.3) is 0 Å². The van der Waals surface area contributed by atoms with Crippen LogP contribution < -0.4 is 5.32 Å². The average Bonchev–Trinajstić information content (AvgIpc) is 2.62. The first-order valence-corrected chi connectivity index (χ1v) is 8.99. The number of ether oxygens (including phenoxy) is 3. The van der Waals surface area contributed by atoms with Crippen molar-refractivity contribution in [2.75, 3.05) is 26.8 Å². The lowest BCUT2D eigenvalue weighted by Gasteiger charge is -2.36. The number of rotatable bonds is 4. The Morgan fingerprint density at radius 1 is 1.12 bits per heavy atom. The van der Waals surface area contributed by atoms with Crippen LogP contribution in [0.4, 0.5) is 9.59 Å². The third kappa shape index (κ3) is 4.99. The van der Waals surface area contributed by atoms with E-state index in [4.69, 9.17) is 9.47 Å². The second-order valence-electron chi connectivity index (χ2n) is 6.55. The van der Waals surface area contributed by atoms with E-state index in [1.807, 2.05) is 0 Å². The predicted octanol–water partition coefficient (Wildman–Crippen LogP) is 2.21. The maximum atomic E-state index is 12.3. The molecular formula is C17H28N2O6. The lowest BCUT2D eigenvalue weighted by molar-refractivity contribution is -0.152. The van der Waals surface area contributed by atoms with Gasteiger partial charge in [-0.3, -0.25) is 0 Å². The molecule has 142 valence electrons. The molecule has 8 heteroatoms. The van der Waals surface area contributed by atoms with Crippen LogP contribution in [0.15, 0.2) is 0 Å². The molecule has 1 aliphatic heterocycles. The number of esters is 1. The summed E-state index contributed by atoms with van der Waals surface area (Å²) in [7, 11) is 1.34. The van der Waals surface area contributed by atoms with Crippen molar-refractivity contribution in [1.82, 2.24) is 10.2 Å². The van der Waals surface area contributed by atoms with Crippen LogP contribution >= 0.6 is 0 Å². The van der Waals surface area contributed by atoms with Gasteiger partial charge in [-0.05, 0) is 19.8 Å². The highest BCUT2D eigenvalue weighted by Gasteiger charge is 2.43. The van der Waals surface area contributed by atoms with Crippen molar-refractivity contribution < 1.29 is 28.6 Å². The van der Waals surface area contributed by atoms with E-state index >= 15 is 0 Å². The number of hydrogen-bond acceptors (Lipinski definition) is 6.